The molecule has 2 N–H and O–H groups in total. The molecule has 25 heavy (non-hydrogen) atoms. The molecule has 1 heterocycles. The number of rotatable bonds is 4. The van der Waals surface area contributed by atoms with Gasteiger partial charge in [-0.3, -0.25) is 9.59 Å². The highest BCUT2D eigenvalue weighted by molar-refractivity contribution is 6.32. The maximum atomic E-state index is 12.0. The topological polar surface area (TPSA) is 71.2 Å². The van der Waals surface area contributed by atoms with E-state index in [1.165, 1.54) is 19.3 Å². The average molecular weight is 355 g/mol. The SMILES string of the molecule is COc1ccc(NC(=O)/C=C/c2cc3ccccc3[nH]c2=O)cc1Cl. The van der Waals surface area contributed by atoms with E-state index in [0.717, 1.165) is 10.9 Å². The summed E-state index contributed by atoms with van der Waals surface area (Å²) < 4.78 is 5.06. The summed E-state index contributed by atoms with van der Waals surface area (Å²) in [6.45, 7) is 0. The van der Waals surface area contributed by atoms with Crippen molar-refractivity contribution in [3.05, 3.63) is 75.5 Å². The number of carbonyl (C=O) groups excluding carboxylic acids is 1. The van der Waals surface area contributed by atoms with Crippen molar-refractivity contribution in [3.8, 4) is 5.75 Å². The van der Waals surface area contributed by atoms with Crippen molar-refractivity contribution < 1.29 is 9.53 Å². The van der Waals surface area contributed by atoms with Crippen molar-refractivity contribution in [2.75, 3.05) is 12.4 Å². The Morgan fingerprint density at radius 3 is 2.76 bits per heavy atom. The first-order valence-corrected chi connectivity index (χ1v) is 7.89. The van der Waals surface area contributed by atoms with Crippen molar-refractivity contribution in [2.45, 2.75) is 0 Å². The first kappa shape index (κ1) is 16.8. The van der Waals surface area contributed by atoms with Gasteiger partial charge >= 0.3 is 0 Å². The van der Waals surface area contributed by atoms with Crippen LogP contribution in [0.2, 0.25) is 5.02 Å². The zero-order valence-electron chi connectivity index (χ0n) is 13.4. The predicted molar refractivity (Wildman–Crippen MR) is 100 cm³/mol. The van der Waals surface area contributed by atoms with Crippen LogP contribution in [-0.2, 0) is 4.79 Å². The quantitative estimate of drug-likeness (QED) is 0.699. The van der Waals surface area contributed by atoms with Crippen LogP contribution in [0.3, 0.4) is 0 Å². The number of amides is 1. The lowest BCUT2D eigenvalue weighted by Gasteiger charge is -2.06. The van der Waals surface area contributed by atoms with E-state index in [-0.39, 0.29) is 11.5 Å². The van der Waals surface area contributed by atoms with E-state index in [9.17, 15) is 9.59 Å². The summed E-state index contributed by atoms with van der Waals surface area (Å²) in [4.78, 5) is 26.9. The molecular formula is C19H15ClN2O3. The lowest BCUT2D eigenvalue weighted by Crippen LogP contribution is -2.11. The van der Waals surface area contributed by atoms with Crippen LogP contribution in [0.25, 0.3) is 17.0 Å². The first-order chi connectivity index (χ1) is 12.1. The highest BCUT2D eigenvalue weighted by Crippen LogP contribution is 2.27. The molecule has 0 bridgehead atoms. The van der Waals surface area contributed by atoms with Crippen molar-refractivity contribution >= 4 is 40.2 Å². The number of halogens is 1. The van der Waals surface area contributed by atoms with Crippen LogP contribution in [0, 0.1) is 0 Å². The van der Waals surface area contributed by atoms with Gasteiger partial charge in [-0.1, -0.05) is 29.8 Å². The number of pyridine rings is 1. The number of ether oxygens (including phenoxy) is 1. The van der Waals surface area contributed by atoms with Crippen molar-refractivity contribution in [2.24, 2.45) is 0 Å². The van der Waals surface area contributed by atoms with E-state index in [0.29, 0.717) is 22.0 Å². The van der Waals surface area contributed by atoms with Gasteiger partial charge in [-0.15, -0.1) is 0 Å². The molecule has 0 aliphatic rings. The number of hydrogen-bond donors (Lipinski definition) is 2. The fourth-order valence-corrected chi connectivity index (χ4v) is 2.64. The van der Waals surface area contributed by atoms with Gasteiger partial charge in [0, 0.05) is 22.8 Å². The maximum absolute atomic E-state index is 12.0. The fourth-order valence-electron chi connectivity index (χ4n) is 2.38. The second kappa shape index (κ2) is 7.23. The molecular weight excluding hydrogens is 340 g/mol. The molecule has 0 unspecified atom stereocenters. The van der Waals surface area contributed by atoms with Gasteiger partial charge in [-0.25, -0.2) is 0 Å². The summed E-state index contributed by atoms with van der Waals surface area (Å²) in [5.41, 5.74) is 1.44. The number of carbonyl (C=O) groups is 1. The fraction of sp³-hybridized carbons (Fsp3) is 0.0526. The number of para-hydroxylation sites is 1. The van der Waals surface area contributed by atoms with Gasteiger partial charge in [0.2, 0.25) is 5.91 Å². The van der Waals surface area contributed by atoms with Crippen molar-refractivity contribution in [3.63, 3.8) is 0 Å². The third-order valence-electron chi connectivity index (χ3n) is 3.62. The van der Waals surface area contributed by atoms with Gasteiger partial charge < -0.3 is 15.0 Å². The minimum atomic E-state index is -0.367. The number of fused-ring (bicyclic) bond motifs is 1. The molecule has 2 aromatic carbocycles. The molecule has 1 aromatic heterocycles. The third kappa shape index (κ3) is 3.89. The number of aromatic amines is 1. The van der Waals surface area contributed by atoms with Gasteiger partial charge in [-0.05, 0) is 41.8 Å². The summed E-state index contributed by atoms with van der Waals surface area (Å²) in [5, 5.41) is 3.97. The maximum Gasteiger partial charge on any atom is 0.255 e. The summed E-state index contributed by atoms with van der Waals surface area (Å²) in [6, 6.07) is 14.1. The molecule has 0 radical (unpaired) electrons. The van der Waals surface area contributed by atoms with Crippen LogP contribution in [0.1, 0.15) is 5.56 Å². The van der Waals surface area contributed by atoms with E-state index >= 15 is 0 Å². The summed E-state index contributed by atoms with van der Waals surface area (Å²) in [7, 11) is 1.52. The number of methoxy groups -OCH3 is 1. The molecule has 0 atom stereocenters. The summed E-state index contributed by atoms with van der Waals surface area (Å²) in [5.74, 6) is 0.159. The van der Waals surface area contributed by atoms with Gasteiger partial charge in [0.25, 0.3) is 5.56 Å². The number of nitrogens with one attached hydrogen (secondary N) is 2. The molecule has 1 amide bonds. The van der Waals surface area contributed by atoms with Crippen molar-refractivity contribution in [1.82, 2.24) is 4.98 Å². The molecule has 3 aromatic rings. The van der Waals surface area contributed by atoms with Crippen LogP contribution in [0.5, 0.6) is 5.75 Å². The van der Waals surface area contributed by atoms with Crippen LogP contribution in [0.4, 0.5) is 5.69 Å². The number of aromatic nitrogens is 1. The Kier molecular flexibility index (Phi) is 4.86. The lowest BCUT2D eigenvalue weighted by atomic mass is 10.1. The molecule has 0 fully saturated rings. The second-order valence-electron chi connectivity index (χ2n) is 5.31. The van der Waals surface area contributed by atoms with Crippen LogP contribution in [0.15, 0.2) is 59.4 Å². The smallest absolute Gasteiger partial charge is 0.255 e. The molecule has 0 spiro atoms. The number of H-pyrrole nitrogens is 1. The van der Waals surface area contributed by atoms with E-state index in [1.807, 2.05) is 24.3 Å². The molecule has 0 aliphatic heterocycles. The molecule has 0 saturated heterocycles. The average Bonchev–Trinajstić information content (AvgIpc) is 2.60. The van der Waals surface area contributed by atoms with Gasteiger partial charge in [-0.2, -0.15) is 0 Å². The first-order valence-electron chi connectivity index (χ1n) is 7.51. The van der Waals surface area contributed by atoms with Crippen LogP contribution in [-0.4, -0.2) is 18.0 Å². The normalized spacial score (nSPS) is 11.0. The second-order valence-corrected chi connectivity index (χ2v) is 5.72. The molecule has 0 saturated carbocycles. The Hall–Kier alpha value is -3.05. The molecule has 5 nitrogen and oxygen atoms in total. The highest BCUT2D eigenvalue weighted by Gasteiger charge is 2.04. The molecule has 0 aliphatic carbocycles. The number of benzene rings is 2. The van der Waals surface area contributed by atoms with E-state index in [1.54, 1.807) is 24.3 Å². The molecule has 6 heteroatoms. The zero-order chi connectivity index (χ0) is 17.8. The summed E-state index contributed by atoms with van der Waals surface area (Å²) in [6.07, 6.45) is 2.78. The van der Waals surface area contributed by atoms with E-state index in [4.69, 9.17) is 16.3 Å². The Morgan fingerprint density at radius 1 is 1.20 bits per heavy atom. The van der Waals surface area contributed by atoms with E-state index < -0.39 is 0 Å². The van der Waals surface area contributed by atoms with Gasteiger partial charge in [0.05, 0.1) is 12.1 Å². The van der Waals surface area contributed by atoms with E-state index in [2.05, 4.69) is 10.3 Å². The third-order valence-corrected chi connectivity index (χ3v) is 3.91. The minimum absolute atomic E-state index is 0.254. The minimum Gasteiger partial charge on any atom is -0.495 e. The van der Waals surface area contributed by atoms with Gasteiger partial charge in [0.1, 0.15) is 5.75 Å². The lowest BCUT2D eigenvalue weighted by molar-refractivity contribution is -0.111. The Morgan fingerprint density at radius 2 is 2.00 bits per heavy atom. The Balaban J connectivity index is 1.77. The number of anilines is 1. The summed E-state index contributed by atoms with van der Waals surface area (Å²) >= 11 is 6.02. The molecule has 126 valence electrons. The molecule has 3 rings (SSSR count). The predicted octanol–water partition coefficient (Wildman–Crippen LogP) is 3.84. The largest absolute Gasteiger partial charge is 0.495 e. The van der Waals surface area contributed by atoms with Crippen LogP contribution >= 0.6 is 11.6 Å². The Bertz CT molecular complexity index is 1020. The Labute approximate surface area is 148 Å². The monoisotopic (exact) mass is 354 g/mol. The zero-order valence-corrected chi connectivity index (χ0v) is 14.1. The highest BCUT2D eigenvalue weighted by atomic mass is 35.5. The van der Waals surface area contributed by atoms with Crippen LogP contribution < -0.4 is 15.6 Å². The van der Waals surface area contributed by atoms with Gasteiger partial charge in [0.15, 0.2) is 0 Å². The van der Waals surface area contributed by atoms with Crippen molar-refractivity contribution in [1.29, 1.82) is 0 Å². The number of hydrogen-bond acceptors (Lipinski definition) is 3. The standard InChI is InChI=1S/C19H15ClN2O3/c1-25-17-8-7-14(11-15(17)20)21-18(23)9-6-13-10-12-4-2-3-5-16(12)22-19(13)24/h2-11H,1H3,(H,21,23)(H,22,24)/b9-6+.